The van der Waals surface area contributed by atoms with Crippen LogP contribution >= 0.6 is 0 Å². The molecular weight excluding hydrogens is 314 g/mol. The van der Waals surface area contributed by atoms with Crippen molar-refractivity contribution in [2.45, 2.75) is 63.3 Å². The zero-order valence-electron chi connectivity index (χ0n) is 13.8. The summed E-state index contributed by atoms with van der Waals surface area (Å²) in [6, 6.07) is 4.08. The predicted molar refractivity (Wildman–Crippen MR) is 89.1 cm³/mol. The molecule has 3 rings (SSSR count). The molecule has 24 heavy (non-hydrogen) atoms. The number of hydrogen-bond donors (Lipinski definition) is 4. The zero-order valence-corrected chi connectivity index (χ0v) is 13.8. The number of aliphatic hydroxyl groups excluding tert-OH is 1. The number of nitrogens with one attached hydrogen (secondary N) is 3. The lowest BCUT2D eigenvalue weighted by molar-refractivity contribution is -0.0466. The molecule has 1 atom stereocenters. The number of nitrogens with zero attached hydrogens (tertiary/aromatic N) is 1. The Balaban J connectivity index is 1.38. The number of fused-ring (bicyclic) bond motifs is 1. The third kappa shape index (κ3) is 4.84. The average molecular weight is 340 g/mol. The maximum Gasteiger partial charge on any atom is 0.248 e. The van der Waals surface area contributed by atoms with E-state index in [1.165, 1.54) is 5.56 Å². The molecule has 1 aliphatic heterocycles. The predicted octanol–water partition coefficient (Wildman–Crippen LogP) is 2.02. The summed E-state index contributed by atoms with van der Waals surface area (Å²) in [6.45, 7) is 1.54. The van der Waals surface area contributed by atoms with Crippen LogP contribution in [0.1, 0.15) is 43.4 Å². The molecule has 0 spiro atoms. The van der Waals surface area contributed by atoms with Crippen LogP contribution in [0.15, 0.2) is 12.1 Å². The largest absolute Gasteiger partial charge is 0.370 e. The van der Waals surface area contributed by atoms with Gasteiger partial charge in [-0.15, -0.1) is 0 Å². The molecule has 2 heterocycles. The second kappa shape index (κ2) is 7.72. The summed E-state index contributed by atoms with van der Waals surface area (Å²) in [5.41, 5.74) is 2.23. The van der Waals surface area contributed by atoms with Gasteiger partial charge in [-0.25, -0.2) is 13.8 Å². The third-order valence-electron chi connectivity index (χ3n) is 4.78. The number of aliphatic hydroxyl groups is 1. The van der Waals surface area contributed by atoms with Crippen LogP contribution < -0.4 is 16.0 Å². The highest BCUT2D eigenvalue weighted by atomic mass is 19.3. The Bertz CT molecular complexity index is 545. The summed E-state index contributed by atoms with van der Waals surface area (Å²) in [4.78, 5) is 4.61. The van der Waals surface area contributed by atoms with Crippen molar-refractivity contribution in [1.29, 1.82) is 0 Å². The highest BCUT2D eigenvalue weighted by Gasteiger charge is 2.35. The monoisotopic (exact) mass is 340 g/mol. The zero-order chi connectivity index (χ0) is 17.0. The van der Waals surface area contributed by atoms with E-state index in [9.17, 15) is 13.9 Å². The van der Waals surface area contributed by atoms with Gasteiger partial charge in [0.05, 0.1) is 0 Å². The lowest BCUT2D eigenvalue weighted by Gasteiger charge is -2.30. The van der Waals surface area contributed by atoms with Crippen LogP contribution in [0.4, 0.5) is 14.6 Å². The second-order valence-corrected chi connectivity index (χ2v) is 6.74. The minimum absolute atomic E-state index is 0.0572. The van der Waals surface area contributed by atoms with Gasteiger partial charge in [0.2, 0.25) is 5.92 Å². The quantitative estimate of drug-likeness (QED) is 0.597. The first-order valence-corrected chi connectivity index (χ1v) is 8.80. The van der Waals surface area contributed by atoms with Crippen LogP contribution in [-0.4, -0.2) is 41.5 Å². The summed E-state index contributed by atoms with van der Waals surface area (Å²) in [5.74, 6) is -1.57. The summed E-state index contributed by atoms with van der Waals surface area (Å²) in [7, 11) is 0. The summed E-state index contributed by atoms with van der Waals surface area (Å²) in [6.07, 6.45) is 2.60. The Morgan fingerprint density at radius 3 is 2.92 bits per heavy atom. The molecule has 134 valence electrons. The van der Waals surface area contributed by atoms with Crippen molar-refractivity contribution < 1.29 is 13.9 Å². The van der Waals surface area contributed by atoms with Gasteiger partial charge in [-0.05, 0) is 37.3 Å². The lowest BCUT2D eigenvalue weighted by Crippen LogP contribution is -2.49. The van der Waals surface area contributed by atoms with Crippen molar-refractivity contribution in [3.8, 4) is 0 Å². The van der Waals surface area contributed by atoms with Gasteiger partial charge in [0.25, 0.3) is 0 Å². The second-order valence-electron chi connectivity index (χ2n) is 6.74. The van der Waals surface area contributed by atoms with Gasteiger partial charge < -0.3 is 10.4 Å². The molecule has 1 fully saturated rings. The summed E-state index contributed by atoms with van der Waals surface area (Å²) >= 11 is 0. The van der Waals surface area contributed by atoms with Crippen LogP contribution in [0.3, 0.4) is 0 Å². The van der Waals surface area contributed by atoms with Crippen molar-refractivity contribution >= 4 is 5.82 Å². The molecule has 0 bridgehead atoms. The fourth-order valence-electron chi connectivity index (χ4n) is 3.33. The van der Waals surface area contributed by atoms with Crippen molar-refractivity contribution in [2.75, 3.05) is 18.4 Å². The lowest BCUT2D eigenvalue weighted by atomic mass is 9.92. The van der Waals surface area contributed by atoms with Crippen molar-refractivity contribution in [3.05, 3.63) is 23.4 Å². The smallest absolute Gasteiger partial charge is 0.248 e. The summed E-state index contributed by atoms with van der Waals surface area (Å²) < 4.78 is 26.2. The van der Waals surface area contributed by atoms with Gasteiger partial charge in [-0.2, -0.15) is 0 Å². The Labute approximate surface area is 141 Å². The van der Waals surface area contributed by atoms with Crippen LogP contribution in [0.25, 0.3) is 0 Å². The number of aromatic nitrogens is 1. The molecule has 1 saturated carbocycles. The molecule has 5 nitrogen and oxygen atoms in total. The number of alkyl halides is 2. The molecule has 1 aromatic heterocycles. The van der Waals surface area contributed by atoms with Gasteiger partial charge in [0.1, 0.15) is 5.82 Å². The van der Waals surface area contributed by atoms with Gasteiger partial charge in [0.15, 0.2) is 6.35 Å². The molecule has 0 saturated heterocycles. The van der Waals surface area contributed by atoms with E-state index in [0.717, 1.165) is 30.9 Å². The van der Waals surface area contributed by atoms with E-state index in [-0.39, 0.29) is 18.9 Å². The van der Waals surface area contributed by atoms with E-state index < -0.39 is 12.3 Å². The van der Waals surface area contributed by atoms with E-state index in [1.807, 2.05) is 6.07 Å². The van der Waals surface area contributed by atoms with Crippen molar-refractivity contribution in [3.63, 3.8) is 0 Å². The van der Waals surface area contributed by atoms with Crippen LogP contribution in [0, 0.1) is 0 Å². The first-order valence-electron chi connectivity index (χ1n) is 8.80. The maximum atomic E-state index is 13.1. The molecule has 4 N–H and O–H groups in total. The molecule has 0 aromatic carbocycles. The van der Waals surface area contributed by atoms with Crippen LogP contribution in [0.2, 0.25) is 0 Å². The Kier molecular flexibility index (Phi) is 5.63. The minimum atomic E-state index is -2.54. The number of aryl methyl sites for hydroxylation is 1. The Morgan fingerprint density at radius 1 is 1.33 bits per heavy atom. The fraction of sp³-hybridized carbons (Fsp3) is 0.706. The van der Waals surface area contributed by atoms with Gasteiger partial charge in [-0.3, -0.25) is 10.6 Å². The SMILES string of the molecule is OC(NCCc1ccc2c(n1)NCCC2)NC1CCC(F)(F)CC1. The Hall–Kier alpha value is -1.31. The molecule has 0 radical (unpaired) electrons. The van der Waals surface area contributed by atoms with E-state index in [4.69, 9.17) is 0 Å². The third-order valence-corrected chi connectivity index (χ3v) is 4.78. The van der Waals surface area contributed by atoms with Crippen LogP contribution in [0.5, 0.6) is 0 Å². The minimum Gasteiger partial charge on any atom is -0.370 e. The van der Waals surface area contributed by atoms with Crippen LogP contribution in [-0.2, 0) is 12.8 Å². The molecule has 2 aliphatic rings. The maximum absolute atomic E-state index is 13.1. The number of halogens is 2. The van der Waals surface area contributed by atoms with Gasteiger partial charge >= 0.3 is 0 Å². The molecule has 1 unspecified atom stereocenters. The molecule has 0 amide bonds. The number of hydrogen-bond acceptors (Lipinski definition) is 5. The molecular formula is C17H26F2N4O. The first-order chi connectivity index (χ1) is 11.5. The van der Waals surface area contributed by atoms with Gasteiger partial charge in [-0.1, -0.05) is 6.07 Å². The molecule has 1 aromatic rings. The van der Waals surface area contributed by atoms with E-state index in [0.29, 0.717) is 25.8 Å². The normalized spacial score (nSPS) is 21.8. The number of anilines is 1. The van der Waals surface area contributed by atoms with E-state index in [1.54, 1.807) is 0 Å². The summed E-state index contributed by atoms with van der Waals surface area (Å²) in [5, 5.41) is 19.2. The van der Waals surface area contributed by atoms with Gasteiger partial charge in [0, 0.05) is 44.1 Å². The number of pyridine rings is 1. The van der Waals surface area contributed by atoms with Crippen molar-refractivity contribution in [1.82, 2.24) is 15.6 Å². The average Bonchev–Trinajstić information content (AvgIpc) is 2.57. The highest BCUT2D eigenvalue weighted by Crippen LogP contribution is 2.33. The molecule has 7 heteroatoms. The fourth-order valence-corrected chi connectivity index (χ4v) is 3.33. The van der Waals surface area contributed by atoms with Crippen molar-refractivity contribution in [2.24, 2.45) is 0 Å². The standard InChI is InChI=1S/C17H26F2N4O/c18-17(19)8-5-14(6-9-17)23-16(24)21-11-7-13-4-3-12-2-1-10-20-15(12)22-13/h3-4,14,16,21,23-24H,1-2,5-11H2,(H,20,22). The topological polar surface area (TPSA) is 69.2 Å². The first kappa shape index (κ1) is 17.5. The molecule has 1 aliphatic carbocycles. The van der Waals surface area contributed by atoms with E-state index >= 15 is 0 Å². The number of rotatable bonds is 6. The highest BCUT2D eigenvalue weighted by molar-refractivity contribution is 5.47. The Morgan fingerprint density at radius 2 is 2.12 bits per heavy atom. The van der Waals surface area contributed by atoms with E-state index in [2.05, 4.69) is 27.0 Å².